The van der Waals surface area contributed by atoms with Crippen molar-refractivity contribution in [1.82, 2.24) is 25.3 Å². The predicted molar refractivity (Wildman–Crippen MR) is 230 cm³/mol. The van der Waals surface area contributed by atoms with Gasteiger partial charge in [0, 0.05) is 11.1 Å². The van der Waals surface area contributed by atoms with Crippen LogP contribution in [0.2, 0.25) is 0 Å². The maximum atomic E-state index is 14.4. The van der Waals surface area contributed by atoms with Crippen LogP contribution in [-0.4, -0.2) is 66.7 Å². The predicted octanol–water partition coefficient (Wildman–Crippen LogP) is 7.35. The highest BCUT2D eigenvalue weighted by atomic mass is 32.2. The molecule has 4 aromatic rings. The summed E-state index contributed by atoms with van der Waals surface area (Å²) in [7, 11) is -2.55. The third kappa shape index (κ3) is 13.2. The number of allylic oxidation sites excluding steroid dienone is 1. The number of methoxy groups -OCH3 is 1. The van der Waals surface area contributed by atoms with Gasteiger partial charge in [-0.25, -0.2) is 17.9 Å². The Bertz CT molecular complexity index is 2320. The van der Waals surface area contributed by atoms with Gasteiger partial charge in [-0.15, -0.1) is 6.58 Å². The number of alkyl carbamates (subject to hydrolysis) is 1. The van der Waals surface area contributed by atoms with Crippen molar-refractivity contribution in [3.63, 3.8) is 0 Å². The zero-order valence-corrected chi connectivity index (χ0v) is 35.6. The fourth-order valence-electron chi connectivity index (χ4n) is 5.68. The summed E-state index contributed by atoms with van der Waals surface area (Å²) in [5, 5.41) is 8.08. The van der Waals surface area contributed by atoms with E-state index < -0.39 is 56.9 Å². The standard InChI is InChI=1S/C44H52N6O9S/c1-10-12-18-25-60(55,56)50-39(51)31-21-16-17-22-32(31)45-40(52)36(48-41(53)37(43(3,4)5)49-42(54)59-44(6,7)8)30-23-24-33(28(11-2)26-30)58-35-27-34(57-9)46-38(47-35)29-19-14-13-15-20-29/h10-11,13-17,19-24,26-27,36-37H,1-2,12,18,25H2,3-9H3,(H,45,52)(H,48,53)(H,49,54)(H,50,51)/t36?,37-/m1/s1. The van der Waals surface area contributed by atoms with Gasteiger partial charge in [-0.3, -0.25) is 14.4 Å². The normalized spacial score (nSPS) is 12.5. The molecule has 1 heterocycles. The van der Waals surface area contributed by atoms with Crippen molar-refractivity contribution in [2.75, 3.05) is 18.2 Å². The molecule has 4 rings (SSSR count). The number of sulfonamides is 1. The molecule has 0 fully saturated rings. The molecule has 4 N–H and O–H groups in total. The van der Waals surface area contributed by atoms with Crippen LogP contribution in [-0.2, 0) is 24.3 Å². The van der Waals surface area contributed by atoms with E-state index in [2.05, 4.69) is 39.1 Å². The first-order chi connectivity index (χ1) is 28.2. The number of rotatable bonds is 17. The second-order valence-corrected chi connectivity index (χ2v) is 17.5. The SMILES string of the molecule is C=CCCCS(=O)(=O)NC(=O)c1ccccc1NC(=O)C(NC(=O)[C@@H](NC(=O)OC(C)(C)C)C(C)(C)C)c1ccc(Oc2cc(OC)nc(-c3ccccc3)n2)c(C=C)c1. The number of carbonyl (C=O) groups excluding carboxylic acids is 4. The van der Waals surface area contributed by atoms with E-state index in [0.29, 0.717) is 17.8 Å². The van der Waals surface area contributed by atoms with Gasteiger partial charge in [0.25, 0.3) is 11.8 Å². The summed E-state index contributed by atoms with van der Waals surface area (Å²) in [6, 6.07) is 18.6. The van der Waals surface area contributed by atoms with Crippen LogP contribution in [0.3, 0.4) is 0 Å². The Morgan fingerprint density at radius 2 is 1.50 bits per heavy atom. The van der Waals surface area contributed by atoms with E-state index in [4.69, 9.17) is 14.2 Å². The fraction of sp³-hybridized carbons (Fsp3) is 0.318. The number of ether oxygens (including phenoxy) is 3. The van der Waals surface area contributed by atoms with Gasteiger partial charge in [-0.1, -0.05) is 88.0 Å². The second-order valence-electron chi connectivity index (χ2n) is 15.6. The summed E-state index contributed by atoms with van der Waals surface area (Å²) in [4.78, 5) is 63.8. The number of anilines is 1. The number of aromatic nitrogens is 2. The van der Waals surface area contributed by atoms with Gasteiger partial charge in [0.1, 0.15) is 23.4 Å². The molecule has 15 nitrogen and oxygen atoms in total. The molecule has 0 bridgehead atoms. The van der Waals surface area contributed by atoms with E-state index >= 15 is 0 Å². The second kappa shape index (κ2) is 19.9. The minimum Gasteiger partial charge on any atom is -0.481 e. The van der Waals surface area contributed by atoms with Crippen LogP contribution in [0.25, 0.3) is 17.5 Å². The van der Waals surface area contributed by atoms with Gasteiger partial charge in [0.15, 0.2) is 5.82 Å². The number of unbranched alkanes of at least 4 members (excludes halogenated alkanes) is 1. The molecule has 1 unspecified atom stereocenters. The van der Waals surface area contributed by atoms with Gasteiger partial charge in [0.05, 0.1) is 30.2 Å². The average Bonchev–Trinajstić information content (AvgIpc) is 3.18. The van der Waals surface area contributed by atoms with Crippen LogP contribution in [0.4, 0.5) is 10.5 Å². The Labute approximate surface area is 351 Å². The summed E-state index contributed by atoms with van der Waals surface area (Å²) in [6.45, 7) is 17.8. The molecule has 0 saturated carbocycles. The molecule has 16 heteroatoms. The van der Waals surface area contributed by atoms with Crippen molar-refractivity contribution in [1.29, 1.82) is 0 Å². The molecule has 1 aromatic heterocycles. The molecule has 318 valence electrons. The average molecular weight is 841 g/mol. The summed E-state index contributed by atoms with van der Waals surface area (Å²) < 4.78 is 44.4. The Balaban J connectivity index is 1.74. The number of carbonyl (C=O) groups is 4. The van der Waals surface area contributed by atoms with E-state index in [1.807, 2.05) is 35.1 Å². The zero-order valence-electron chi connectivity index (χ0n) is 34.8. The molecule has 0 spiro atoms. The molecule has 60 heavy (non-hydrogen) atoms. The third-order valence-electron chi connectivity index (χ3n) is 8.56. The van der Waals surface area contributed by atoms with Crippen LogP contribution < -0.4 is 30.1 Å². The number of nitrogens with zero attached hydrogens (tertiary/aromatic N) is 2. The van der Waals surface area contributed by atoms with E-state index in [-0.39, 0.29) is 46.5 Å². The summed E-state index contributed by atoms with van der Waals surface area (Å²) in [5.41, 5.74) is -0.525. The Morgan fingerprint density at radius 1 is 0.833 bits per heavy atom. The number of amides is 4. The van der Waals surface area contributed by atoms with Crippen molar-refractivity contribution in [3.05, 3.63) is 115 Å². The van der Waals surface area contributed by atoms with E-state index in [1.54, 1.807) is 71.9 Å². The van der Waals surface area contributed by atoms with Crippen molar-refractivity contribution in [2.24, 2.45) is 5.41 Å². The van der Waals surface area contributed by atoms with Crippen LogP contribution in [0.5, 0.6) is 17.5 Å². The van der Waals surface area contributed by atoms with E-state index in [9.17, 15) is 27.6 Å². The highest BCUT2D eigenvalue weighted by molar-refractivity contribution is 7.90. The summed E-state index contributed by atoms with van der Waals surface area (Å²) in [6.07, 6.45) is 2.91. The first kappa shape index (κ1) is 46.1. The lowest BCUT2D eigenvalue weighted by Gasteiger charge is -2.32. The van der Waals surface area contributed by atoms with Gasteiger partial charge < -0.3 is 30.2 Å². The molecule has 0 aliphatic carbocycles. The number of benzene rings is 3. The number of hydrogen-bond acceptors (Lipinski definition) is 11. The fourth-order valence-corrected chi connectivity index (χ4v) is 6.72. The van der Waals surface area contributed by atoms with Crippen LogP contribution >= 0.6 is 0 Å². The molecule has 0 aliphatic heterocycles. The maximum Gasteiger partial charge on any atom is 0.408 e. The van der Waals surface area contributed by atoms with Gasteiger partial charge >= 0.3 is 6.09 Å². The van der Waals surface area contributed by atoms with Crippen molar-refractivity contribution in [2.45, 2.75) is 72.1 Å². The summed E-state index contributed by atoms with van der Waals surface area (Å²) in [5.74, 6) is -1.77. The number of nitrogens with one attached hydrogen (secondary N) is 4. The minimum absolute atomic E-state index is 0.0318. The van der Waals surface area contributed by atoms with Crippen LogP contribution in [0.1, 0.15) is 81.9 Å². The smallest absolute Gasteiger partial charge is 0.408 e. The number of para-hydroxylation sites is 1. The lowest BCUT2D eigenvalue weighted by Crippen LogP contribution is -2.55. The van der Waals surface area contributed by atoms with Gasteiger partial charge in [0.2, 0.25) is 27.7 Å². The maximum absolute atomic E-state index is 14.4. The Hall–Kier alpha value is -6.55. The third-order valence-corrected chi connectivity index (χ3v) is 9.88. The number of hydrogen-bond donors (Lipinski definition) is 4. The van der Waals surface area contributed by atoms with E-state index in [0.717, 1.165) is 5.56 Å². The first-order valence-electron chi connectivity index (χ1n) is 19.0. The molecular formula is C44H52N6O9S. The minimum atomic E-state index is -4.02. The van der Waals surface area contributed by atoms with Crippen molar-refractivity contribution in [3.8, 4) is 28.9 Å². The molecule has 3 aromatic carbocycles. The van der Waals surface area contributed by atoms with E-state index in [1.165, 1.54) is 37.5 Å². The lowest BCUT2D eigenvalue weighted by molar-refractivity contribution is -0.129. The lowest BCUT2D eigenvalue weighted by atomic mass is 9.86. The monoisotopic (exact) mass is 840 g/mol. The molecule has 0 aliphatic rings. The van der Waals surface area contributed by atoms with Gasteiger partial charge in [-0.2, -0.15) is 9.97 Å². The first-order valence-corrected chi connectivity index (χ1v) is 20.7. The molecule has 0 radical (unpaired) electrons. The molecule has 4 amide bonds. The Morgan fingerprint density at radius 3 is 2.13 bits per heavy atom. The van der Waals surface area contributed by atoms with Crippen molar-refractivity contribution < 1.29 is 41.8 Å². The topological polar surface area (TPSA) is 204 Å². The highest BCUT2D eigenvalue weighted by Gasteiger charge is 2.37. The summed E-state index contributed by atoms with van der Waals surface area (Å²) >= 11 is 0. The van der Waals surface area contributed by atoms with Crippen LogP contribution in [0.15, 0.2) is 98.1 Å². The largest absolute Gasteiger partial charge is 0.481 e. The highest BCUT2D eigenvalue weighted by Crippen LogP contribution is 2.32. The molecular weight excluding hydrogens is 789 g/mol. The quantitative estimate of drug-likeness (QED) is 0.0611. The zero-order chi connectivity index (χ0) is 44.3. The van der Waals surface area contributed by atoms with Crippen molar-refractivity contribution >= 4 is 45.6 Å². The van der Waals surface area contributed by atoms with Gasteiger partial charge in [-0.05, 0) is 68.9 Å². The Kier molecular flexibility index (Phi) is 15.3. The van der Waals surface area contributed by atoms with Crippen LogP contribution in [0, 0.1) is 5.41 Å². The molecule has 2 atom stereocenters. The molecule has 0 saturated heterocycles.